The minimum Gasteiger partial charge on any atom is -0.491 e. The van der Waals surface area contributed by atoms with Gasteiger partial charge in [-0.25, -0.2) is 4.99 Å². The van der Waals surface area contributed by atoms with Gasteiger partial charge in [-0.05, 0) is 60.1 Å². The van der Waals surface area contributed by atoms with Crippen LogP contribution < -0.4 is 10.5 Å². The molecule has 0 amide bonds. The lowest BCUT2D eigenvalue weighted by atomic mass is 9.59. The summed E-state index contributed by atoms with van der Waals surface area (Å²) in [7, 11) is 3.76. The van der Waals surface area contributed by atoms with Gasteiger partial charge in [0.05, 0.1) is 12.3 Å². The van der Waals surface area contributed by atoms with Crippen LogP contribution in [0.25, 0.3) is 0 Å². The van der Waals surface area contributed by atoms with Gasteiger partial charge in [-0.1, -0.05) is 36.4 Å². The number of nitrogens with zero attached hydrogens (tertiary/aromatic N) is 2. The third-order valence-electron chi connectivity index (χ3n) is 7.98. The molecule has 3 atom stereocenters. The molecule has 4 aliphatic rings. The summed E-state index contributed by atoms with van der Waals surface area (Å²) in [5.74, 6) is 1.89. The average molecular weight is 416 g/mol. The van der Waals surface area contributed by atoms with E-state index < -0.39 is 5.54 Å². The fourth-order valence-electron chi connectivity index (χ4n) is 6.61. The maximum absolute atomic E-state index is 6.48. The van der Waals surface area contributed by atoms with Crippen LogP contribution in [0.15, 0.2) is 59.2 Å². The summed E-state index contributed by atoms with van der Waals surface area (Å²) in [6.07, 6.45) is 6.77. The van der Waals surface area contributed by atoms with E-state index in [1.165, 1.54) is 28.0 Å². The van der Waals surface area contributed by atoms with Gasteiger partial charge in [-0.3, -0.25) is 0 Å². The average Bonchev–Trinajstić information content (AvgIpc) is 3.15. The van der Waals surface area contributed by atoms with Gasteiger partial charge in [-0.15, -0.1) is 0 Å². The Hall–Kier alpha value is -2.79. The van der Waals surface area contributed by atoms with Gasteiger partial charge in [0.15, 0.2) is 5.96 Å². The number of fused-ring (bicyclic) bond motifs is 4. The van der Waals surface area contributed by atoms with Gasteiger partial charge in [-0.2, -0.15) is 0 Å². The van der Waals surface area contributed by atoms with Crippen LogP contribution in [-0.2, 0) is 23.1 Å². The first-order valence-electron chi connectivity index (χ1n) is 11.2. The Morgan fingerprint density at radius 3 is 2.90 bits per heavy atom. The van der Waals surface area contributed by atoms with Gasteiger partial charge in [0, 0.05) is 25.5 Å². The number of allylic oxidation sites excluding steroid dienone is 1. The standard InChI is InChI=1S/C26H29N3O2/c1-29-23-13-19-16-25(10-9-17-5-3-4-6-21(17)19)15-18-7-8-20(31-12-11-30-2)14-22(18)26(23,25)28-24(29)27/h3-8,13-14,19H,9-12,15-16H2,1-2H3,(H2,27,28). The number of ether oxygens (including phenoxy) is 2. The lowest BCUT2D eigenvalue weighted by molar-refractivity contribution is 0.122. The lowest BCUT2D eigenvalue weighted by Gasteiger charge is -2.47. The predicted molar refractivity (Wildman–Crippen MR) is 121 cm³/mol. The molecule has 31 heavy (non-hydrogen) atoms. The number of methoxy groups -OCH3 is 1. The first kappa shape index (κ1) is 18.9. The highest BCUT2D eigenvalue weighted by atomic mass is 16.5. The van der Waals surface area contributed by atoms with Crippen LogP contribution in [0.3, 0.4) is 0 Å². The van der Waals surface area contributed by atoms with Gasteiger partial charge < -0.3 is 20.1 Å². The summed E-state index contributed by atoms with van der Waals surface area (Å²) in [6.45, 7) is 1.11. The molecule has 2 aromatic rings. The summed E-state index contributed by atoms with van der Waals surface area (Å²) in [4.78, 5) is 7.37. The first-order chi connectivity index (χ1) is 15.1. The van der Waals surface area contributed by atoms with Crippen molar-refractivity contribution in [3.05, 3.63) is 76.5 Å². The second-order valence-electron chi connectivity index (χ2n) is 9.42. The summed E-state index contributed by atoms with van der Waals surface area (Å²) in [6, 6.07) is 15.5. The molecule has 5 nitrogen and oxygen atoms in total. The molecule has 0 fully saturated rings. The number of rotatable bonds is 4. The number of guanidine groups is 1. The van der Waals surface area contributed by atoms with Crippen molar-refractivity contribution in [3.8, 4) is 5.75 Å². The molecule has 1 heterocycles. The van der Waals surface area contributed by atoms with Crippen molar-refractivity contribution >= 4 is 5.96 Å². The minimum absolute atomic E-state index is 0.0314. The number of benzene rings is 2. The Kier molecular flexibility index (Phi) is 4.03. The first-order valence-corrected chi connectivity index (χ1v) is 11.2. The normalized spacial score (nSPS) is 29.9. The number of likely N-dealkylation sites (N-methyl/N-ethyl adjacent to an activating group) is 1. The highest BCUT2D eigenvalue weighted by Crippen LogP contribution is 2.68. The van der Waals surface area contributed by atoms with Crippen molar-refractivity contribution in [3.63, 3.8) is 0 Å². The van der Waals surface area contributed by atoms with Gasteiger partial charge >= 0.3 is 0 Å². The molecule has 2 spiro atoms. The zero-order valence-electron chi connectivity index (χ0n) is 18.2. The third kappa shape index (κ3) is 2.44. The third-order valence-corrected chi connectivity index (χ3v) is 7.98. The zero-order chi connectivity index (χ0) is 21.2. The van der Waals surface area contributed by atoms with Crippen LogP contribution in [0, 0.1) is 5.41 Å². The van der Waals surface area contributed by atoms with Crippen molar-refractivity contribution in [1.29, 1.82) is 0 Å². The molecule has 3 unspecified atom stereocenters. The molecule has 6 rings (SSSR count). The highest BCUT2D eigenvalue weighted by molar-refractivity contribution is 5.85. The Labute approximate surface area is 183 Å². The molecule has 1 aliphatic heterocycles. The van der Waals surface area contributed by atoms with Gasteiger partial charge in [0.1, 0.15) is 17.9 Å². The van der Waals surface area contributed by atoms with Crippen LogP contribution >= 0.6 is 0 Å². The molecule has 160 valence electrons. The van der Waals surface area contributed by atoms with E-state index in [9.17, 15) is 0 Å². The molecule has 0 aromatic heterocycles. The maximum atomic E-state index is 6.48. The van der Waals surface area contributed by atoms with Crippen molar-refractivity contribution in [2.75, 3.05) is 27.4 Å². The van der Waals surface area contributed by atoms with Crippen molar-refractivity contribution in [2.24, 2.45) is 16.1 Å². The van der Waals surface area contributed by atoms with Crippen LogP contribution in [0.1, 0.15) is 41.0 Å². The van der Waals surface area contributed by atoms with E-state index in [1.807, 2.05) is 0 Å². The quantitative estimate of drug-likeness (QED) is 0.773. The van der Waals surface area contributed by atoms with E-state index >= 15 is 0 Å². The second-order valence-corrected chi connectivity index (χ2v) is 9.42. The van der Waals surface area contributed by atoms with Crippen LogP contribution in [0.4, 0.5) is 0 Å². The Bertz CT molecular complexity index is 1120. The van der Waals surface area contributed by atoms with Crippen molar-refractivity contribution in [2.45, 2.75) is 37.1 Å². The van der Waals surface area contributed by atoms with Gasteiger partial charge in [0.2, 0.25) is 0 Å². The molecular weight excluding hydrogens is 386 g/mol. The molecule has 2 bridgehead atoms. The number of hydrogen-bond donors (Lipinski definition) is 1. The largest absolute Gasteiger partial charge is 0.491 e. The summed E-state index contributed by atoms with van der Waals surface area (Å²) < 4.78 is 11.1. The van der Waals surface area contributed by atoms with Crippen molar-refractivity contribution < 1.29 is 9.47 Å². The number of aliphatic imine (C=N–C) groups is 1. The van der Waals surface area contributed by atoms with Crippen molar-refractivity contribution in [1.82, 2.24) is 4.90 Å². The van der Waals surface area contributed by atoms with E-state index in [4.69, 9.17) is 20.2 Å². The van der Waals surface area contributed by atoms with Gasteiger partial charge in [0.25, 0.3) is 0 Å². The van der Waals surface area contributed by atoms with E-state index in [1.54, 1.807) is 7.11 Å². The molecule has 0 saturated carbocycles. The van der Waals surface area contributed by atoms with Crippen LogP contribution in [0.2, 0.25) is 0 Å². The monoisotopic (exact) mass is 415 g/mol. The molecule has 0 radical (unpaired) electrons. The second kappa shape index (κ2) is 6.60. The Morgan fingerprint density at radius 2 is 2.03 bits per heavy atom. The molecule has 5 heteroatoms. The fourth-order valence-corrected chi connectivity index (χ4v) is 6.61. The number of nitrogens with two attached hydrogens (primary N) is 1. The minimum atomic E-state index is -0.416. The number of hydrogen-bond acceptors (Lipinski definition) is 5. The van der Waals surface area contributed by atoms with Crippen LogP contribution in [-0.4, -0.2) is 38.2 Å². The van der Waals surface area contributed by atoms with E-state index in [-0.39, 0.29) is 5.41 Å². The highest BCUT2D eigenvalue weighted by Gasteiger charge is 2.65. The fraction of sp³-hybridized carbons (Fsp3) is 0.423. The SMILES string of the molecule is COCCOc1ccc2c(c1)C13N=C(N)N(C)C1=CC1CC3(CCc3ccccc31)C2. The molecule has 2 N–H and O–H groups in total. The summed E-state index contributed by atoms with van der Waals surface area (Å²) >= 11 is 0. The van der Waals surface area contributed by atoms with Crippen LogP contribution in [0.5, 0.6) is 5.75 Å². The summed E-state index contributed by atoms with van der Waals surface area (Å²) in [5.41, 5.74) is 12.9. The zero-order valence-corrected chi connectivity index (χ0v) is 18.2. The van der Waals surface area contributed by atoms with E-state index in [0.717, 1.165) is 31.4 Å². The van der Waals surface area contributed by atoms with E-state index in [0.29, 0.717) is 25.1 Å². The Morgan fingerprint density at radius 1 is 1.16 bits per heavy atom. The van der Waals surface area contributed by atoms with E-state index in [2.05, 4.69) is 60.5 Å². The Balaban J connectivity index is 1.53. The molecule has 3 aliphatic carbocycles. The molecule has 0 saturated heterocycles. The molecular formula is C26H29N3O2. The molecule has 2 aromatic carbocycles. The summed E-state index contributed by atoms with van der Waals surface area (Å²) in [5, 5.41) is 0. The topological polar surface area (TPSA) is 60.1 Å². The lowest BCUT2D eigenvalue weighted by Crippen LogP contribution is -2.46. The predicted octanol–water partition coefficient (Wildman–Crippen LogP) is 3.73. The maximum Gasteiger partial charge on any atom is 0.196 e. The number of aryl methyl sites for hydroxylation is 1. The smallest absolute Gasteiger partial charge is 0.196 e.